The number of hydrogen-bond donors (Lipinski definition) is 1. The smallest absolute Gasteiger partial charge is 0.418 e. The molecule has 6 nitrogen and oxygen atoms in total. The van der Waals surface area contributed by atoms with E-state index in [1.807, 2.05) is 48.4 Å². The Balaban J connectivity index is 1.66. The van der Waals surface area contributed by atoms with E-state index in [4.69, 9.17) is 9.68 Å². The highest BCUT2D eigenvalue weighted by Crippen LogP contribution is 2.35. The summed E-state index contributed by atoms with van der Waals surface area (Å²) in [6, 6.07) is 13.3. The summed E-state index contributed by atoms with van der Waals surface area (Å²) in [4.78, 5) is 7.37. The number of likely N-dealkylation sites (N-methyl/N-ethyl adjacent to an activating group) is 1. The predicted molar refractivity (Wildman–Crippen MR) is 118 cm³/mol. The number of allylic oxidation sites excluding steroid dienone is 2. The molecule has 1 aliphatic heterocycles. The molecule has 1 heterocycles. The van der Waals surface area contributed by atoms with Gasteiger partial charge in [0.2, 0.25) is 0 Å². The van der Waals surface area contributed by atoms with Gasteiger partial charge in [0.25, 0.3) is 0 Å². The Morgan fingerprint density at radius 3 is 2.61 bits per heavy atom. The second-order valence-corrected chi connectivity index (χ2v) is 7.97. The summed E-state index contributed by atoms with van der Waals surface area (Å²) in [5, 5.41) is 15.5. The van der Waals surface area contributed by atoms with Crippen molar-refractivity contribution in [3.8, 4) is 5.75 Å². The Kier molecular flexibility index (Phi) is 6.18. The number of hydroxylamine groups is 2. The van der Waals surface area contributed by atoms with Crippen LogP contribution in [0.25, 0.3) is 5.57 Å². The van der Waals surface area contributed by atoms with Crippen molar-refractivity contribution in [2.75, 3.05) is 21.2 Å². The number of methoxy groups -OCH3 is 1. The van der Waals surface area contributed by atoms with Gasteiger partial charge in [0.15, 0.2) is 6.10 Å². The SMILES string of the molecule is COc1ccc(CN(C)C2=CC(c3cccc(C(O)C(F)(F)F)c3)=CC3C2=NON3C)cc1. The summed E-state index contributed by atoms with van der Waals surface area (Å²) in [5.74, 6) is 0.764. The summed E-state index contributed by atoms with van der Waals surface area (Å²) in [7, 11) is 5.27. The van der Waals surface area contributed by atoms with Gasteiger partial charge >= 0.3 is 6.18 Å². The third kappa shape index (κ3) is 4.74. The number of aliphatic hydroxyl groups excluding tert-OH is 1. The fourth-order valence-corrected chi connectivity index (χ4v) is 3.86. The van der Waals surface area contributed by atoms with Crippen LogP contribution < -0.4 is 4.74 Å². The van der Waals surface area contributed by atoms with Gasteiger partial charge < -0.3 is 14.7 Å². The molecular weight excluding hydrogens is 435 g/mol. The molecule has 0 aromatic heterocycles. The molecule has 0 bridgehead atoms. The standard InChI is InChI=1S/C24H24F3N3O3/c1-29(14-15-7-9-19(32-3)10-8-15)20-12-18(13-21-22(20)28-33-30(21)2)16-5-4-6-17(11-16)23(31)24(25,26)27/h4-13,21,23,31H,14H2,1-3H3. The summed E-state index contributed by atoms with van der Waals surface area (Å²) < 4.78 is 44.3. The summed E-state index contributed by atoms with van der Waals surface area (Å²) in [6.45, 7) is 0.575. The Morgan fingerprint density at radius 1 is 1.21 bits per heavy atom. The number of ether oxygens (including phenoxy) is 1. The molecule has 174 valence electrons. The van der Waals surface area contributed by atoms with Gasteiger partial charge in [-0.1, -0.05) is 35.5 Å². The second kappa shape index (κ2) is 8.92. The molecule has 0 saturated carbocycles. The monoisotopic (exact) mass is 459 g/mol. The molecule has 2 aromatic carbocycles. The zero-order chi connectivity index (χ0) is 23.8. The highest BCUT2D eigenvalue weighted by Gasteiger charge is 2.40. The van der Waals surface area contributed by atoms with Crippen LogP contribution in [0.4, 0.5) is 13.2 Å². The first kappa shape index (κ1) is 22.9. The number of rotatable bonds is 6. The topological polar surface area (TPSA) is 57.5 Å². The third-order valence-electron chi connectivity index (χ3n) is 5.67. The molecule has 1 N–H and O–H groups in total. The normalized spacial score (nSPS) is 19.1. The molecule has 0 radical (unpaired) electrons. The molecule has 2 aliphatic rings. The third-order valence-corrected chi connectivity index (χ3v) is 5.67. The van der Waals surface area contributed by atoms with Crippen molar-refractivity contribution in [2.45, 2.75) is 24.9 Å². The molecular formula is C24H24F3N3O3. The van der Waals surface area contributed by atoms with Crippen LogP contribution in [0.2, 0.25) is 0 Å². The van der Waals surface area contributed by atoms with Crippen molar-refractivity contribution in [3.63, 3.8) is 0 Å². The first-order valence-electron chi connectivity index (χ1n) is 10.3. The maximum absolute atomic E-state index is 13.0. The average Bonchev–Trinajstić information content (AvgIpc) is 3.18. The van der Waals surface area contributed by atoms with Crippen molar-refractivity contribution in [2.24, 2.45) is 5.16 Å². The van der Waals surface area contributed by atoms with Gasteiger partial charge in [-0.05, 0) is 52.6 Å². The lowest BCUT2D eigenvalue weighted by Gasteiger charge is -2.28. The summed E-state index contributed by atoms with van der Waals surface area (Å²) in [6.07, 6.45) is -3.52. The van der Waals surface area contributed by atoms with Gasteiger partial charge in [-0.15, -0.1) is 5.06 Å². The van der Waals surface area contributed by atoms with Gasteiger partial charge in [-0.25, -0.2) is 0 Å². The van der Waals surface area contributed by atoms with Gasteiger partial charge in [0.1, 0.15) is 17.5 Å². The van der Waals surface area contributed by atoms with E-state index in [9.17, 15) is 18.3 Å². The highest BCUT2D eigenvalue weighted by molar-refractivity contribution is 6.09. The average molecular weight is 459 g/mol. The molecule has 0 fully saturated rings. The Morgan fingerprint density at radius 2 is 1.94 bits per heavy atom. The summed E-state index contributed by atoms with van der Waals surface area (Å²) >= 11 is 0. The van der Waals surface area contributed by atoms with Crippen LogP contribution in [0.1, 0.15) is 22.8 Å². The lowest BCUT2D eigenvalue weighted by molar-refractivity contribution is -0.206. The van der Waals surface area contributed by atoms with Crippen LogP contribution in [0, 0.1) is 0 Å². The number of aliphatic hydroxyl groups is 1. The molecule has 0 saturated heterocycles. The zero-order valence-corrected chi connectivity index (χ0v) is 18.4. The van der Waals surface area contributed by atoms with E-state index in [1.54, 1.807) is 25.3 Å². The highest BCUT2D eigenvalue weighted by atomic mass is 19.4. The lowest BCUT2D eigenvalue weighted by atomic mass is 9.91. The minimum atomic E-state index is -4.74. The van der Waals surface area contributed by atoms with Gasteiger partial charge in [-0.2, -0.15) is 13.2 Å². The predicted octanol–water partition coefficient (Wildman–Crippen LogP) is 4.31. The molecule has 9 heteroatoms. The lowest BCUT2D eigenvalue weighted by Crippen LogP contribution is -2.37. The fraction of sp³-hybridized carbons (Fsp3) is 0.292. The van der Waals surface area contributed by atoms with E-state index in [0.29, 0.717) is 23.4 Å². The number of oxime groups is 1. The van der Waals surface area contributed by atoms with Crippen molar-refractivity contribution >= 4 is 11.3 Å². The Bertz CT molecular complexity index is 1110. The van der Waals surface area contributed by atoms with Crippen molar-refractivity contribution in [1.82, 2.24) is 9.96 Å². The first-order valence-corrected chi connectivity index (χ1v) is 10.3. The quantitative estimate of drug-likeness (QED) is 0.698. The zero-order valence-electron chi connectivity index (χ0n) is 18.4. The summed E-state index contributed by atoms with van der Waals surface area (Å²) in [5.41, 5.74) is 3.62. The van der Waals surface area contributed by atoms with E-state index in [-0.39, 0.29) is 11.6 Å². The molecule has 4 rings (SSSR count). The van der Waals surface area contributed by atoms with Gasteiger partial charge in [0.05, 0.1) is 12.8 Å². The number of alkyl halides is 3. The van der Waals surface area contributed by atoms with Crippen LogP contribution in [0.3, 0.4) is 0 Å². The number of fused-ring (bicyclic) bond motifs is 1. The second-order valence-electron chi connectivity index (χ2n) is 7.97. The van der Waals surface area contributed by atoms with E-state index in [0.717, 1.165) is 17.0 Å². The molecule has 0 spiro atoms. The van der Waals surface area contributed by atoms with Gasteiger partial charge in [0, 0.05) is 20.6 Å². The van der Waals surface area contributed by atoms with E-state index < -0.39 is 12.3 Å². The Hall–Kier alpha value is -3.30. The van der Waals surface area contributed by atoms with E-state index in [1.165, 1.54) is 18.2 Å². The largest absolute Gasteiger partial charge is 0.497 e. The van der Waals surface area contributed by atoms with Crippen molar-refractivity contribution < 1.29 is 28.0 Å². The molecule has 2 atom stereocenters. The van der Waals surface area contributed by atoms with Crippen LogP contribution in [0.15, 0.2) is 71.5 Å². The van der Waals surface area contributed by atoms with Crippen LogP contribution >= 0.6 is 0 Å². The molecule has 2 unspecified atom stereocenters. The maximum Gasteiger partial charge on any atom is 0.418 e. The van der Waals surface area contributed by atoms with Crippen LogP contribution in [-0.2, 0) is 11.5 Å². The van der Waals surface area contributed by atoms with Crippen molar-refractivity contribution in [3.05, 3.63) is 83.1 Å². The number of hydrogen-bond acceptors (Lipinski definition) is 6. The molecule has 2 aromatic rings. The van der Waals surface area contributed by atoms with E-state index in [2.05, 4.69) is 5.16 Å². The Labute approximate surface area is 189 Å². The number of halogens is 3. The first-order chi connectivity index (χ1) is 15.7. The molecule has 0 amide bonds. The van der Waals surface area contributed by atoms with Crippen LogP contribution in [-0.4, -0.2) is 54.2 Å². The van der Waals surface area contributed by atoms with Crippen molar-refractivity contribution in [1.29, 1.82) is 0 Å². The van der Waals surface area contributed by atoms with Crippen LogP contribution in [0.5, 0.6) is 5.75 Å². The fourth-order valence-electron chi connectivity index (χ4n) is 3.86. The van der Waals surface area contributed by atoms with Gasteiger partial charge in [-0.3, -0.25) is 4.94 Å². The maximum atomic E-state index is 13.0. The minimum Gasteiger partial charge on any atom is -0.497 e. The number of nitrogens with zero attached hydrogens (tertiary/aromatic N) is 3. The molecule has 33 heavy (non-hydrogen) atoms. The van der Waals surface area contributed by atoms with E-state index >= 15 is 0 Å². The molecule has 1 aliphatic carbocycles. The minimum absolute atomic E-state index is 0.210. The number of benzene rings is 2.